The van der Waals surface area contributed by atoms with E-state index in [-0.39, 0.29) is 12.5 Å². The summed E-state index contributed by atoms with van der Waals surface area (Å²) in [5.41, 5.74) is 5.63. The number of aliphatic hydroxyl groups excluding tert-OH is 1. The Morgan fingerprint density at radius 2 is 1.52 bits per heavy atom. The zero-order chi connectivity index (χ0) is 28.4. The second kappa shape index (κ2) is 14.0. The summed E-state index contributed by atoms with van der Waals surface area (Å²) in [5, 5.41) is 10.1. The van der Waals surface area contributed by atoms with Crippen LogP contribution < -0.4 is 9.47 Å². The lowest BCUT2D eigenvalue weighted by Crippen LogP contribution is -2.35. The van der Waals surface area contributed by atoms with Gasteiger partial charge in [0.1, 0.15) is 18.1 Å². The van der Waals surface area contributed by atoms with E-state index in [1.807, 2.05) is 67.6 Å². The van der Waals surface area contributed by atoms with E-state index in [2.05, 4.69) is 62.4 Å². The van der Waals surface area contributed by atoms with Crippen molar-refractivity contribution in [1.29, 1.82) is 0 Å². The molecule has 0 aliphatic rings. The maximum absolute atomic E-state index is 10.1. The summed E-state index contributed by atoms with van der Waals surface area (Å²) in [6, 6.07) is 32.6. The van der Waals surface area contributed by atoms with Crippen LogP contribution in [0.25, 0.3) is 11.1 Å². The Balaban J connectivity index is 1.60. The molecule has 0 heterocycles. The molecule has 0 saturated heterocycles. The largest absolute Gasteiger partial charge is 0.497 e. The summed E-state index contributed by atoms with van der Waals surface area (Å²) in [6.07, 6.45) is 5.09. The van der Waals surface area contributed by atoms with Gasteiger partial charge in [-0.25, -0.2) is 0 Å². The molecule has 4 aromatic rings. The normalized spacial score (nSPS) is 13.6. The molecule has 0 fully saturated rings. The van der Waals surface area contributed by atoms with Gasteiger partial charge in [-0.05, 0) is 83.1 Å². The van der Waals surface area contributed by atoms with Crippen molar-refractivity contribution in [2.24, 2.45) is 5.92 Å². The highest BCUT2D eigenvalue weighted by atomic mass is 16.5. The second-order valence-corrected chi connectivity index (χ2v) is 10.1. The SMILES string of the molecule is CC=CC(C)C(CC)(OCc1cc(CO)cc(-c2cccc(OCc3ccccc3)c2)c1)c1ccc(OC)cc1. The molecule has 4 nitrogen and oxygen atoms in total. The number of hydrogen-bond donors (Lipinski definition) is 1. The van der Waals surface area contributed by atoms with Gasteiger partial charge in [0.2, 0.25) is 0 Å². The molecule has 0 bridgehead atoms. The maximum Gasteiger partial charge on any atom is 0.120 e. The molecule has 4 rings (SSSR count). The van der Waals surface area contributed by atoms with Crippen LogP contribution in [0, 0.1) is 5.92 Å². The lowest BCUT2D eigenvalue weighted by molar-refractivity contribution is -0.0905. The number of benzene rings is 4. The lowest BCUT2D eigenvalue weighted by Gasteiger charge is -2.38. The van der Waals surface area contributed by atoms with Crippen LogP contribution in [0.4, 0.5) is 0 Å². The lowest BCUT2D eigenvalue weighted by atomic mass is 9.79. The molecule has 2 atom stereocenters. The minimum atomic E-state index is -0.515. The third kappa shape index (κ3) is 7.01. The van der Waals surface area contributed by atoms with Crippen molar-refractivity contribution in [2.75, 3.05) is 7.11 Å². The van der Waals surface area contributed by atoms with Crippen LogP contribution in [0.15, 0.2) is 109 Å². The van der Waals surface area contributed by atoms with Gasteiger partial charge in [0, 0.05) is 5.92 Å². The zero-order valence-corrected chi connectivity index (χ0v) is 24.0. The fourth-order valence-corrected chi connectivity index (χ4v) is 5.25. The Morgan fingerprint density at radius 1 is 0.775 bits per heavy atom. The van der Waals surface area contributed by atoms with E-state index in [4.69, 9.17) is 14.2 Å². The standard InChI is InChI=1S/C36H40O4/c1-5-11-27(3)36(6-2,33-16-18-34(38-4)19-17-33)40-26-30-20-29(24-37)21-32(22-30)31-14-10-15-35(23-31)39-25-28-12-8-7-9-13-28/h5,7-23,27,37H,6,24-26H2,1-4H3. The highest BCUT2D eigenvalue weighted by Crippen LogP contribution is 2.40. The van der Waals surface area contributed by atoms with E-state index in [1.54, 1.807) is 7.11 Å². The third-order valence-electron chi connectivity index (χ3n) is 7.47. The van der Waals surface area contributed by atoms with E-state index in [0.29, 0.717) is 13.2 Å². The van der Waals surface area contributed by atoms with Crippen LogP contribution >= 0.6 is 0 Å². The summed E-state index contributed by atoms with van der Waals surface area (Å²) in [7, 11) is 1.68. The summed E-state index contributed by atoms with van der Waals surface area (Å²) >= 11 is 0. The molecule has 1 N–H and O–H groups in total. The van der Waals surface area contributed by atoms with Crippen LogP contribution in [-0.4, -0.2) is 12.2 Å². The molecule has 0 aliphatic heterocycles. The van der Waals surface area contributed by atoms with Gasteiger partial charge in [0.05, 0.1) is 25.9 Å². The number of aliphatic hydroxyl groups is 1. The molecule has 0 aliphatic carbocycles. The van der Waals surface area contributed by atoms with Gasteiger partial charge >= 0.3 is 0 Å². The Labute approximate surface area is 238 Å². The Bertz CT molecular complexity index is 1380. The molecule has 4 heteroatoms. The maximum atomic E-state index is 10.1. The predicted octanol–water partition coefficient (Wildman–Crippen LogP) is 8.47. The van der Waals surface area contributed by atoms with Crippen LogP contribution in [0.3, 0.4) is 0 Å². The van der Waals surface area contributed by atoms with Crippen molar-refractivity contribution in [2.45, 2.75) is 52.6 Å². The van der Waals surface area contributed by atoms with Crippen molar-refractivity contribution in [3.05, 3.63) is 131 Å². The Kier molecular flexibility index (Phi) is 10.2. The molecule has 0 spiro atoms. The van der Waals surface area contributed by atoms with Crippen molar-refractivity contribution < 1.29 is 19.3 Å². The van der Waals surface area contributed by atoms with Gasteiger partial charge in [0.15, 0.2) is 0 Å². The minimum Gasteiger partial charge on any atom is -0.497 e. The van der Waals surface area contributed by atoms with Crippen molar-refractivity contribution in [1.82, 2.24) is 0 Å². The van der Waals surface area contributed by atoms with Crippen molar-refractivity contribution >= 4 is 0 Å². The van der Waals surface area contributed by atoms with Crippen LogP contribution in [0.5, 0.6) is 11.5 Å². The molecule has 208 valence electrons. The van der Waals surface area contributed by atoms with Crippen molar-refractivity contribution in [3.8, 4) is 22.6 Å². The monoisotopic (exact) mass is 536 g/mol. The molecular weight excluding hydrogens is 496 g/mol. The van der Waals surface area contributed by atoms with Gasteiger partial charge in [-0.1, -0.05) is 86.7 Å². The van der Waals surface area contributed by atoms with E-state index < -0.39 is 5.60 Å². The molecule has 0 aromatic heterocycles. The number of rotatable bonds is 13. The topological polar surface area (TPSA) is 47.9 Å². The van der Waals surface area contributed by atoms with Crippen LogP contribution in [-0.2, 0) is 30.2 Å². The molecule has 0 amide bonds. The first kappa shape index (κ1) is 29.1. The average Bonchev–Trinajstić information content (AvgIpc) is 3.01. The number of methoxy groups -OCH3 is 1. The fraction of sp³-hybridized carbons (Fsp3) is 0.278. The molecule has 0 saturated carbocycles. The first-order chi connectivity index (χ1) is 19.5. The zero-order valence-electron chi connectivity index (χ0n) is 24.0. The first-order valence-electron chi connectivity index (χ1n) is 13.9. The van der Waals surface area contributed by atoms with E-state index in [1.165, 1.54) is 0 Å². The summed E-state index contributed by atoms with van der Waals surface area (Å²) in [4.78, 5) is 0. The van der Waals surface area contributed by atoms with Crippen molar-refractivity contribution in [3.63, 3.8) is 0 Å². The molecule has 40 heavy (non-hydrogen) atoms. The smallest absolute Gasteiger partial charge is 0.120 e. The predicted molar refractivity (Wildman–Crippen MR) is 162 cm³/mol. The van der Waals surface area contributed by atoms with Gasteiger partial charge in [-0.3, -0.25) is 0 Å². The third-order valence-corrected chi connectivity index (χ3v) is 7.47. The number of allylic oxidation sites excluding steroid dienone is 1. The van der Waals surface area contributed by atoms with E-state index in [0.717, 1.165) is 51.3 Å². The molecule has 0 radical (unpaired) electrons. The van der Waals surface area contributed by atoms with Gasteiger partial charge in [-0.2, -0.15) is 0 Å². The van der Waals surface area contributed by atoms with Gasteiger partial charge < -0.3 is 19.3 Å². The highest BCUT2D eigenvalue weighted by Gasteiger charge is 2.36. The molecule has 2 unspecified atom stereocenters. The first-order valence-corrected chi connectivity index (χ1v) is 13.9. The minimum absolute atomic E-state index is 0.0442. The van der Waals surface area contributed by atoms with Crippen LogP contribution in [0.1, 0.15) is 49.4 Å². The fourth-order valence-electron chi connectivity index (χ4n) is 5.25. The average molecular weight is 537 g/mol. The summed E-state index contributed by atoms with van der Waals surface area (Å²) in [6.45, 7) is 7.28. The van der Waals surface area contributed by atoms with Crippen LogP contribution in [0.2, 0.25) is 0 Å². The van der Waals surface area contributed by atoms with E-state index >= 15 is 0 Å². The Morgan fingerprint density at radius 3 is 2.20 bits per heavy atom. The van der Waals surface area contributed by atoms with Gasteiger partial charge in [-0.15, -0.1) is 0 Å². The Hall–Kier alpha value is -3.86. The number of ether oxygens (including phenoxy) is 3. The summed E-state index contributed by atoms with van der Waals surface area (Å²) < 4.78 is 18.3. The highest BCUT2D eigenvalue weighted by molar-refractivity contribution is 5.66. The summed E-state index contributed by atoms with van der Waals surface area (Å²) in [5.74, 6) is 1.77. The van der Waals surface area contributed by atoms with Gasteiger partial charge in [0.25, 0.3) is 0 Å². The molecule has 4 aromatic carbocycles. The second-order valence-electron chi connectivity index (χ2n) is 10.1. The van der Waals surface area contributed by atoms with E-state index in [9.17, 15) is 5.11 Å². The molecular formula is C36H40O4. The number of hydrogen-bond acceptors (Lipinski definition) is 4. The quantitative estimate of drug-likeness (QED) is 0.174.